The van der Waals surface area contributed by atoms with Gasteiger partial charge in [-0.15, -0.1) is 0 Å². The topological polar surface area (TPSA) is 118 Å². The SMILES string of the molecule is COc1cc(S(=O)(=O)N2CCOCC2)ccc1NC1=CC(N)(C2CCC2)C2=C(C(F)(F)F)CN=C2N1. The van der Waals surface area contributed by atoms with E-state index in [2.05, 4.69) is 15.6 Å². The minimum absolute atomic E-state index is 0.00386. The van der Waals surface area contributed by atoms with Gasteiger partial charge < -0.3 is 25.8 Å². The van der Waals surface area contributed by atoms with Crippen LogP contribution >= 0.6 is 0 Å². The number of sulfonamides is 1. The molecule has 196 valence electrons. The number of amidine groups is 1. The molecule has 13 heteroatoms. The van der Waals surface area contributed by atoms with E-state index in [-0.39, 0.29) is 41.1 Å². The number of ether oxygens (including phenoxy) is 2. The van der Waals surface area contributed by atoms with Gasteiger partial charge in [-0.25, -0.2) is 8.42 Å². The minimum atomic E-state index is -4.53. The van der Waals surface area contributed by atoms with Crippen LogP contribution in [0.3, 0.4) is 0 Å². The molecule has 4 aliphatic rings. The summed E-state index contributed by atoms with van der Waals surface area (Å²) in [6.07, 6.45) is -0.596. The van der Waals surface area contributed by atoms with Crippen molar-refractivity contribution < 1.29 is 31.1 Å². The van der Waals surface area contributed by atoms with Gasteiger partial charge in [-0.05, 0) is 37.0 Å². The van der Waals surface area contributed by atoms with Gasteiger partial charge in [-0.1, -0.05) is 6.42 Å². The van der Waals surface area contributed by atoms with E-state index in [0.29, 0.717) is 24.7 Å². The molecule has 0 spiro atoms. The molecule has 1 saturated carbocycles. The van der Waals surface area contributed by atoms with Crippen LogP contribution in [-0.4, -0.2) is 70.2 Å². The predicted octanol–water partition coefficient (Wildman–Crippen LogP) is 2.34. The summed E-state index contributed by atoms with van der Waals surface area (Å²) in [4.78, 5) is 4.17. The summed E-state index contributed by atoms with van der Waals surface area (Å²) in [7, 11) is -2.33. The summed E-state index contributed by atoms with van der Waals surface area (Å²) in [5.74, 6) is 0.573. The Bertz CT molecular complexity index is 1250. The van der Waals surface area contributed by atoms with E-state index < -0.39 is 33.9 Å². The molecule has 5 rings (SSSR count). The predicted molar refractivity (Wildman–Crippen MR) is 127 cm³/mol. The molecule has 2 fully saturated rings. The van der Waals surface area contributed by atoms with Crippen LogP contribution in [0.4, 0.5) is 18.9 Å². The van der Waals surface area contributed by atoms with Gasteiger partial charge in [0.1, 0.15) is 17.4 Å². The van der Waals surface area contributed by atoms with Gasteiger partial charge in [0.2, 0.25) is 10.0 Å². The first-order valence-electron chi connectivity index (χ1n) is 11.7. The Morgan fingerprint density at radius 2 is 2.00 bits per heavy atom. The van der Waals surface area contributed by atoms with Crippen LogP contribution in [0.5, 0.6) is 5.75 Å². The van der Waals surface area contributed by atoms with Crippen molar-refractivity contribution in [3.05, 3.63) is 41.2 Å². The molecule has 9 nitrogen and oxygen atoms in total. The van der Waals surface area contributed by atoms with Gasteiger partial charge in [0.25, 0.3) is 0 Å². The normalized spacial score (nSPS) is 25.5. The monoisotopic (exact) mass is 527 g/mol. The Balaban J connectivity index is 1.47. The molecule has 0 radical (unpaired) electrons. The Morgan fingerprint density at radius 1 is 1.28 bits per heavy atom. The molecule has 36 heavy (non-hydrogen) atoms. The second-order valence-electron chi connectivity index (χ2n) is 9.26. The number of alkyl halides is 3. The lowest BCUT2D eigenvalue weighted by molar-refractivity contribution is -0.0929. The number of halogens is 3. The van der Waals surface area contributed by atoms with Crippen molar-refractivity contribution in [2.24, 2.45) is 16.6 Å². The molecule has 0 amide bonds. The average molecular weight is 528 g/mol. The van der Waals surface area contributed by atoms with Gasteiger partial charge in [0.05, 0.1) is 48.6 Å². The molecular weight excluding hydrogens is 499 g/mol. The van der Waals surface area contributed by atoms with Crippen LogP contribution in [-0.2, 0) is 14.8 Å². The molecule has 4 N–H and O–H groups in total. The third kappa shape index (κ3) is 4.27. The van der Waals surface area contributed by atoms with Crippen LogP contribution in [0.15, 0.2) is 51.1 Å². The fraction of sp³-hybridized carbons (Fsp3) is 0.522. The number of aliphatic imine (C=N–C) groups is 1. The second-order valence-corrected chi connectivity index (χ2v) is 11.2. The number of nitrogens with zero attached hydrogens (tertiary/aromatic N) is 2. The number of morpholine rings is 1. The highest BCUT2D eigenvalue weighted by Crippen LogP contribution is 2.47. The highest BCUT2D eigenvalue weighted by atomic mass is 32.2. The maximum Gasteiger partial charge on any atom is 0.414 e. The summed E-state index contributed by atoms with van der Waals surface area (Å²) < 4.78 is 79.3. The van der Waals surface area contributed by atoms with Crippen LogP contribution in [0.1, 0.15) is 19.3 Å². The largest absolute Gasteiger partial charge is 0.495 e. The number of nitrogens with one attached hydrogen (secondary N) is 2. The average Bonchev–Trinajstić information content (AvgIpc) is 3.24. The first-order chi connectivity index (χ1) is 17.0. The van der Waals surface area contributed by atoms with Crippen LogP contribution < -0.4 is 21.1 Å². The van der Waals surface area contributed by atoms with E-state index in [1.165, 1.54) is 23.5 Å². The zero-order valence-corrected chi connectivity index (χ0v) is 20.5. The quantitative estimate of drug-likeness (QED) is 0.520. The molecule has 3 aliphatic heterocycles. The van der Waals surface area contributed by atoms with Crippen LogP contribution in [0.2, 0.25) is 0 Å². The molecular formula is C23H28F3N5O4S. The van der Waals surface area contributed by atoms with Gasteiger partial charge in [-0.2, -0.15) is 17.5 Å². The molecule has 1 unspecified atom stereocenters. The van der Waals surface area contributed by atoms with E-state index >= 15 is 0 Å². The van der Waals surface area contributed by atoms with Gasteiger partial charge in [0, 0.05) is 24.7 Å². The summed E-state index contributed by atoms with van der Waals surface area (Å²) in [5.41, 5.74) is 5.07. The minimum Gasteiger partial charge on any atom is -0.495 e. The first-order valence-corrected chi connectivity index (χ1v) is 13.2. The Morgan fingerprint density at radius 3 is 2.61 bits per heavy atom. The lowest BCUT2D eigenvalue weighted by Crippen LogP contribution is -2.57. The zero-order valence-electron chi connectivity index (χ0n) is 19.7. The molecule has 0 aromatic heterocycles. The molecule has 1 aromatic carbocycles. The molecule has 1 saturated heterocycles. The second kappa shape index (κ2) is 9.05. The van der Waals surface area contributed by atoms with Crippen molar-refractivity contribution >= 4 is 21.5 Å². The zero-order chi connectivity index (χ0) is 25.7. The lowest BCUT2D eigenvalue weighted by Gasteiger charge is -2.45. The number of anilines is 1. The van der Waals surface area contributed by atoms with Gasteiger partial charge in [-0.3, -0.25) is 4.99 Å². The summed E-state index contributed by atoms with van der Waals surface area (Å²) in [5, 5.41) is 6.05. The number of rotatable bonds is 6. The fourth-order valence-electron chi connectivity index (χ4n) is 5.03. The van der Waals surface area contributed by atoms with Gasteiger partial charge in [0.15, 0.2) is 0 Å². The number of nitrogens with two attached hydrogens (primary N) is 1. The van der Waals surface area contributed by atoms with E-state index in [1.807, 2.05) is 0 Å². The molecule has 1 aliphatic carbocycles. The van der Waals surface area contributed by atoms with Crippen molar-refractivity contribution in [2.45, 2.75) is 35.9 Å². The maximum absolute atomic E-state index is 13.7. The highest BCUT2D eigenvalue weighted by Gasteiger charge is 2.52. The smallest absolute Gasteiger partial charge is 0.414 e. The van der Waals surface area contributed by atoms with Crippen molar-refractivity contribution in [3.8, 4) is 5.75 Å². The Kier molecular flexibility index (Phi) is 6.30. The van der Waals surface area contributed by atoms with Crippen molar-refractivity contribution in [3.63, 3.8) is 0 Å². The number of methoxy groups -OCH3 is 1. The number of fused-ring (bicyclic) bond motifs is 1. The molecule has 3 heterocycles. The van der Waals surface area contributed by atoms with Crippen LogP contribution in [0.25, 0.3) is 0 Å². The summed E-state index contributed by atoms with van der Waals surface area (Å²) >= 11 is 0. The third-order valence-electron chi connectivity index (χ3n) is 7.18. The summed E-state index contributed by atoms with van der Waals surface area (Å²) in [6, 6.07) is 4.43. The highest BCUT2D eigenvalue weighted by molar-refractivity contribution is 7.89. The van der Waals surface area contributed by atoms with E-state index in [0.717, 1.165) is 19.3 Å². The maximum atomic E-state index is 13.7. The molecule has 0 bridgehead atoms. The molecule has 1 atom stereocenters. The van der Waals surface area contributed by atoms with Crippen LogP contribution in [0, 0.1) is 5.92 Å². The van der Waals surface area contributed by atoms with E-state index in [4.69, 9.17) is 15.2 Å². The Labute approximate surface area is 207 Å². The molecule has 1 aromatic rings. The van der Waals surface area contributed by atoms with Crippen molar-refractivity contribution in [2.75, 3.05) is 45.3 Å². The van der Waals surface area contributed by atoms with Gasteiger partial charge >= 0.3 is 6.18 Å². The number of hydrogen-bond donors (Lipinski definition) is 3. The van der Waals surface area contributed by atoms with Crippen molar-refractivity contribution in [1.29, 1.82) is 0 Å². The fourth-order valence-corrected chi connectivity index (χ4v) is 6.45. The number of benzene rings is 1. The van der Waals surface area contributed by atoms with E-state index in [9.17, 15) is 21.6 Å². The first kappa shape index (κ1) is 25.1. The standard InChI is InChI=1S/C23H28F3N5O4S/c1-34-18-11-15(36(32,33)31-7-9-35-10-8-31)5-6-17(18)29-19-12-22(27,14-3-2-4-14)20-16(23(24,25)26)13-28-21(20)30-19/h5-6,11-12,14,29H,2-4,7-10,13,27H2,1H3,(H,28,30). The lowest BCUT2D eigenvalue weighted by atomic mass is 9.65. The van der Waals surface area contributed by atoms with Crippen molar-refractivity contribution in [1.82, 2.24) is 9.62 Å². The third-order valence-corrected chi connectivity index (χ3v) is 9.07. The summed E-state index contributed by atoms with van der Waals surface area (Å²) in [6.45, 7) is 0.700. The number of hydrogen-bond acceptors (Lipinski definition) is 8. The van der Waals surface area contributed by atoms with E-state index in [1.54, 1.807) is 12.1 Å². The Hall–Kier alpha value is -2.61.